The molecule has 0 aliphatic carbocycles. The Bertz CT molecular complexity index is 790. The SMILES string of the molecule is Cc1nc(CN(C)C2CN(c3nccn4cnnc34)C2)no1. The molecule has 0 atom stereocenters. The Morgan fingerprint density at radius 2 is 2.27 bits per heavy atom. The summed E-state index contributed by atoms with van der Waals surface area (Å²) in [5.41, 5.74) is 0.789. The first-order valence-electron chi connectivity index (χ1n) is 7.09. The molecule has 3 aromatic rings. The largest absolute Gasteiger partial charge is 0.350 e. The van der Waals surface area contributed by atoms with Gasteiger partial charge in [-0.3, -0.25) is 9.30 Å². The molecule has 0 bridgehead atoms. The van der Waals surface area contributed by atoms with Gasteiger partial charge in [0, 0.05) is 38.4 Å². The molecule has 1 aliphatic heterocycles. The maximum atomic E-state index is 5.00. The van der Waals surface area contributed by atoms with E-state index in [1.165, 1.54) is 0 Å². The summed E-state index contributed by atoms with van der Waals surface area (Å²) in [6.07, 6.45) is 5.30. The number of hydrogen-bond donors (Lipinski definition) is 0. The first kappa shape index (κ1) is 13.1. The van der Waals surface area contributed by atoms with E-state index in [0.29, 0.717) is 18.5 Å². The number of fused-ring (bicyclic) bond motifs is 1. The number of aryl methyl sites for hydroxylation is 1. The van der Waals surface area contributed by atoms with Crippen LogP contribution in [0.5, 0.6) is 0 Å². The lowest BCUT2D eigenvalue weighted by molar-refractivity contribution is 0.190. The predicted molar refractivity (Wildman–Crippen MR) is 77.3 cm³/mol. The highest BCUT2D eigenvalue weighted by atomic mass is 16.5. The van der Waals surface area contributed by atoms with Crippen LogP contribution in [0, 0.1) is 6.92 Å². The maximum absolute atomic E-state index is 5.00. The van der Waals surface area contributed by atoms with E-state index >= 15 is 0 Å². The van der Waals surface area contributed by atoms with Crippen LogP contribution >= 0.6 is 0 Å². The van der Waals surface area contributed by atoms with Crippen molar-refractivity contribution >= 4 is 11.5 Å². The number of likely N-dealkylation sites (N-methyl/N-ethyl adjacent to an activating group) is 1. The Hall–Kier alpha value is -2.55. The summed E-state index contributed by atoms with van der Waals surface area (Å²) in [7, 11) is 2.07. The third-order valence-electron chi connectivity index (χ3n) is 3.94. The van der Waals surface area contributed by atoms with Gasteiger partial charge in [0.1, 0.15) is 6.33 Å². The quantitative estimate of drug-likeness (QED) is 0.672. The molecule has 114 valence electrons. The minimum Gasteiger partial charge on any atom is -0.350 e. The number of anilines is 1. The first-order chi connectivity index (χ1) is 10.7. The second kappa shape index (κ2) is 5.02. The Morgan fingerprint density at radius 1 is 1.41 bits per heavy atom. The summed E-state index contributed by atoms with van der Waals surface area (Å²) >= 11 is 0. The third kappa shape index (κ3) is 2.19. The summed E-state index contributed by atoms with van der Waals surface area (Å²) in [5, 5.41) is 12.0. The minimum atomic E-state index is 0.434. The first-order valence-corrected chi connectivity index (χ1v) is 7.09. The van der Waals surface area contributed by atoms with Gasteiger partial charge < -0.3 is 9.42 Å². The highest BCUT2D eigenvalue weighted by Gasteiger charge is 2.32. The molecule has 0 saturated carbocycles. The van der Waals surface area contributed by atoms with Crippen LogP contribution in [0.1, 0.15) is 11.7 Å². The molecule has 1 aliphatic rings. The van der Waals surface area contributed by atoms with Crippen LogP contribution in [0.25, 0.3) is 5.65 Å². The Morgan fingerprint density at radius 3 is 3.05 bits per heavy atom. The smallest absolute Gasteiger partial charge is 0.223 e. The van der Waals surface area contributed by atoms with E-state index < -0.39 is 0 Å². The van der Waals surface area contributed by atoms with Crippen LogP contribution < -0.4 is 4.90 Å². The van der Waals surface area contributed by atoms with Gasteiger partial charge >= 0.3 is 0 Å². The fourth-order valence-corrected chi connectivity index (χ4v) is 2.63. The summed E-state index contributed by atoms with van der Waals surface area (Å²) in [6, 6.07) is 0.434. The van der Waals surface area contributed by atoms with Crippen molar-refractivity contribution in [2.24, 2.45) is 0 Å². The highest BCUT2D eigenvalue weighted by Crippen LogP contribution is 2.24. The second-order valence-electron chi connectivity index (χ2n) is 5.52. The molecule has 0 spiro atoms. The van der Waals surface area contributed by atoms with Crippen molar-refractivity contribution < 1.29 is 4.52 Å². The Balaban J connectivity index is 1.42. The number of rotatable bonds is 4. The van der Waals surface area contributed by atoms with E-state index in [1.54, 1.807) is 19.4 Å². The average molecular weight is 300 g/mol. The molecule has 4 heterocycles. The van der Waals surface area contributed by atoms with Crippen molar-refractivity contribution in [2.45, 2.75) is 19.5 Å². The lowest BCUT2D eigenvalue weighted by atomic mass is 10.1. The monoisotopic (exact) mass is 300 g/mol. The fourth-order valence-electron chi connectivity index (χ4n) is 2.63. The van der Waals surface area contributed by atoms with Gasteiger partial charge in [0.05, 0.1) is 6.54 Å². The molecule has 0 unspecified atom stereocenters. The van der Waals surface area contributed by atoms with E-state index in [4.69, 9.17) is 4.52 Å². The van der Waals surface area contributed by atoms with Gasteiger partial charge in [-0.25, -0.2) is 4.98 Å². The zero-order chi connectivity index (χ0) is 15.1. The molecule has 0 radical (unpaired) electrons. The Kier molecular flexibility index (Phi) is 3.00. The fraction of sp³-hybridized carbons (Fsp3) is 0.462. The van der Waals surface area contributed by atoms with Crippen molar-refractivity contribution in [1.29, 1.82) is 0 Å². The lowest BCUT2D eigenvalue weighted by Gasteiger charge is -2.44. The van der Waals surface area contributed by atoms with E-state index in [1.807, 2.05) is 10.6 Å². The lowest BCUT2D eigenvalue weighted by Crippen LogP contribution is -2.58. The summed E-state index contributed by atoms with van der Waals surface area (Å²) in [5.74, 6) is 2.19. The van der Waals surface area contributed by atoms with Gasteiger partial charge in [0.2, 0.25) is 11.5 Å². The molecule has 4 rings (SSSR count). The maximum Gasteiger partial charge on any atom is 0.223 e. The van der Waals surface area contributed by atoms with Crippen molar-refractivity contribution in [3.63, 3.8) is 0 Å². The van der Waals surface area contributed by atoms with Crippen LogP contribution in [0.15, 0.2) is 23.2 Å². The van der Waals surface area contributed by atoms with Gasteiger partial charge in [-0.1, -0.05) is 5.16 Å². The van der Waals surface area contributed by atoms with Crippen molar-refractivity contribution in [3.05, 3.63) is 30.4 Å². The van der Waals surface area contributed by atoms with E-state index in [9.17, 15) is 0 Å². The normalized spacial score (nSPS) is 15.7. The van der Waals surface area contributed by atoms with Crippen molar-refractivity contribution in [1.82, 2.24) is 34.6 Å². The predicted octanol–water partition coefficient (Wildman–Crippen LogP) is 0.136. The summed E-state index contributed by atoms with van der Waals surface area (Å²) in [4.78, 5) is 13.1. The Labute approximate surface area is 126 Å². The van der Waals surface area contributed by atoms with Crippen LogP contribution in [0.2, 0.25) is 0 Å². The topological polar surface area (TPSA) is 88.5 Å². The third-order valence-corrected chi connectivity index (χ3v) is 3.94. The molecule has 0 amide bonds. The van der Waals surface area contributed by atoms with E-state index in [2.05, 4.69) is 42.2 Å². The molecule has 0 N–H and O–H groups in total. The van der Waals surface area contributed by atoms with Crippen molar-refractivity contribution in [2.75, 3.05) is 25.0 Å². The van der Waals surface area contributed by atoms with Crippen LogP contribution in [0.3, 0.4) is 0 Å². The van der Waals surface area contributed by atoms with Gasteiger partial charge in [0.25, 0.3) is 0 Å². The molecule has 9 heteroatoms. The molecular formula is C13H16N8O. The molecule has 22 heavy (non-hydrogen) atoms. The standard InChI is InChI=1S/C13H16N8O/c1-9-16-11(18-22-9)7-19(2)10-5-21(6-10)12-13-17-15-8-20(13)4-3-14-12/h3-4,8,10H,5-7H2,1-2H3. The molecular weight excluding hydrogens is 284 g/mol. The zero-order valence-corrected chi connectivity index (χ0v) is 12.4. The van der Waals surface area contributed by atoms with Gasteiger partial charge in [-0.15, -0.1) is 10.2 Å². The van der Waals surface area contributed by atoms with Crippen molar-refractivity contribution in [3.8, 4) is 0 Å². The minimum absolute atomic E-state index is 0.434. The second-order valence-corrected chi connectivity index (χ2v) is 5.52. The van der Waals surface area contributed by atoms with E-state index in [0.717, 1.165) is 30.4 Å². The summed E-state index contributed by atoms with van der Waals surface area (Å²) in [6.45, 7) is 4.27. The van der Waals surface area contributed by atoms with Crippen LogP contribution in [-0.2, 0) is 6.54 Å². The number of hydrogen-bond acceptors (Lipinski definition) is 8. The molecule has 0 aromatic carbocycles. The zero-order valence-electron chi connectivity index (χ0n) is 12.4. The van der Waals surface area contributed by atoms with Crippen LogP contribution in [-0.4, -0.2) is 60.8 Å². The molecule has 9 nitrogen and oxygen atoms in total. The van der Waals surface area contributed by atoms with Crippen LogP contribution in [0.4, 0.5) is 5.82 Å². The van der Waals surface area contributed by atoms with Gasteiger partial charge in [-0.2, -0.15) is 4.98 Å². The molecule has 1 saturated heterocycles. The highest BCUT2D eigenvalue weighted by molar-refractivity contribution is 5.64. The van der Waals surface area contributed by atoms with E-state index in [-0.39, 0.29) is 0 Å². The van der Waals surface area contributed by atoms with Gasteiger partial charge in [-0.05, 0) is 7.05 Å². The van der Waals surface area contributed by atoms with Gasteiger partial charge in [0.15, 0.2) is 11.6 Å². The summed E-state index contributed by atoms with van der Waals surface area (Å²) < 4.78 is 6.88. The molecule has 1 fully saturated rings. The number of nitrogens with zero attached hydrogens (tertiary/aromatic N) is 8. The number of aromatic nitrogens is 6. The molecule has 3 aromatic heterocycles. The average Bonchev–Trinajstić information content (AvgIpc) is 3.06.